The van der Waals surface area contributed by atoms with Crippen LogP contribution in [0.5, 0.6) is 5.88 Å². The molecule has 0 spiro atoms. The maximum absolute atomic E-state index is 12.1. The van der Waals surface area contributed by atoms with E-state index in [0.717, 1.165) is 0 Å². The molecule has 0 aromatic carbocycles. The molecule has 2 rings (SSSR count). The molecule has 24 heavy (non-hydrogen) atoms. The van der Waals surface area contributed by atoms with Gasteiger partial charge in [0.1, 0.15) is 0 Å². The van der Waals surface area contributed by atoms with Crippen LogP contribution in [0.4, 0.5) is 18.0 Å². The Morgan fingerprint density at radius 2 is 2.17 bits per heavy atom. The van der Waals surface area contributed by atoms with Gasteiger partial charge in [-0.2, -0.15) is 13.2 Å². The Hall–Kier alpha value is -2.52. The molecule has 1 aliphatic rings. The zero-order valence-corrected chi connectivity index (χ0v) is 12.5. The minimum Gasteiger partial charge on any atom is -0.481 e. The minimum atomic E-state index is -4.46. The molecular formula is C14H16F3N3O4. The summed E-state index contributed by atoms with van der Waals surface area (Å²) >= 11 is 0. The van der Waals surface area contributed by atoms with Crippen LogP contribution in [0.1, 0.15) is 12.1 Å². The molecule has 0 radical (unpaired) electrons. The van der Waals surface area contributed by atoms with Crippen molar-refractivity contribution in [3.63, 3.8) is 0 Å². The standard InChI is InChI=1S/C14H16F3N3O4/c15-14(16,17)8-24-11-3-1-2-10(19-11)6-18-13(23)20-5-4-9(7-20)12(21)22/h1-3,9H,4-8H2,(H,18,23)(H,21,22). The lowest BCUT2D eigenvalue weighted by Gasteiger charge is -2.16. The van der Waals surface area contributed by atoms with Gasteiger partial charge in [-0.3, -0.25) is 4.79 Å². The minimum absolute atomic E-state index is 0.00368. The van der Waals surface area contributed by atoms with Crippen molar-refractivity contribution in [2.45, 2.75) is 19.1 Å². The van der Waals surface area contributed by atoms with E-state index in [0.29, 0.717) is 18.7 Å². The third-order valence-electron chi connectivity index (χ3n) is 3.41. The number of nitrogens with zero attached hydrogens (tertiary/aromatic N) is 2. The highest BCUT2D eigenvalue weighted by Crippen LogP contribution is 2.18. The first-order chi connectivity index (χ1) is 11.2. The number of aliphatic carboxylic acids is 1. The Labute approximate surface area is 135 Å². The van der Waals surface area contributed by atoms with Crippen LogP contribution < -0.4 is 10.1 Å². The first kappa shape index (κ1) is 17.8. The Balaban J connectivity index is 1.84. The lowest BCUT2D eigenvalue weighted by Crippen LogP contribution is -2.38. The number of carbonyl (C=O) groups is 2. The molecule has 1 aromatic rings. The number of alkyl halides is 3. The van der Waals surface area contributed by atoms with Crippen LogP contribution in [0.3, 0.4) is 0 Å². The van der Waals surface area contributed by atoms with Crippen LogP contribution in [0.15, 0.2) is 18.2 Å². The third-order valence-corrected chi connectivity index (χ3v) is 3.41. The van der Waals surface area contributed by atoms with Crippen LogP contribution in [0.2, 0.25) is 0 Å². The van der Waals surface area contributed by atoms with Gasteiger partial charge >= 0.3 is 18.2 Å². The molecule has 1 unspecified atom stereocenters. The first-order valence-corrected chi connectivity index (χ1v) is 7.15. The third kappa shape index (κ3) is 5.28. The van der Waals surface area contributed by atoms with E-state index in [9.17, 15) is 22.8 Å². The Morgan fingerprint density at radius 1 is 1.42 bits per heavy atom. The van der Waals surface area contributed by atoms with Gasteiger partial charge in [0, 0.05) is 19.2 Å². The van der Waals surface area contributed by atoms with E-state index >= 15 is 0 Å². The average molecular weight is 347 g/mol. The number of urea groups is 1. The maximum Gasteiger partial charge on any atom is 0.422 e. The molecule has 0 bridgehead atoms. The predicted octanol–water partition coefficient (Wildman–Crippen LogP) is 1.64. The largest absolute Gasteiger partial charge is 0.481 e. The number of carboxylic acid groups (broad SMARTS) is 1. The summed E-state index contributed by atoms with van der Waals surface area (Å²) in [4.78, 5) is 28.0. The second-order valence-electron chi connectivity index (χ2n) is 5.30. The summed E-state index contributed by atoms with van der Waals surface area (Å²) in [5.41, 5.74) is 0.331. The number of hydrogen-bond donors (Lipinski definition) is 2. The summed E-state index contributed by atoms with van der Waals surface area (Å²) in [7, 11) is 0. The van der Waals surface area contributed by atoms with Gasteiger partial charge in [-0.25, -0.2) is 9.78 Å². The molecule has 2 N–H and O–H groups in total. The van der Waals surface area contributed by atoms with Crippen LogP contribution >= 0.6 is 0 Å². The molecule has 1 aliphatic heterocycles. The van der Waals surface area contributed by atoms with E-state index in [2.05, 4.69) is 15.0 Å². The summed E-state index contributed by atoms with van der Waals surface area (Å²) in [5.74, 6) is -1.71. The topological polar surface area (TPSA) is 91.8 Å². The highest BCUT2D eigenvalue weighted by Gasteiger charge is 2.31. The number of pyridine rings is 1. The molecule has 2 heterocycles. The van der Waals surface area contributed by atoms with E-state index in [1.54, 1.807) is 0 Å². The number of likely N-dealkylation sites (tertiary alicyclic amines) is 1. The smallest absolute Gasteiger partial charge is 0.422 e. The fourth-order valence-corrected chi connectivity index (χ4v) is 2.22. The number of hydrogen-bond acceptors (Lipinski definition) is 4. The normalized spacial score (nSPS) is 17.6. The maximum atomic E-state index is 12.1. The molecule has 1 atom stereocenters. The fourth-order valence-electron chi connectivity index (χ4n) is 2.22. The van der Waals surface area contributed by atoms with Crippen molar-refractivity contribution in [1.82, 2.24) is 15.2 Å². The van der Waals surface area contributed by atoms with Crippen LogP contribution in [0, 0.1) is 5.92 Å². The van der Waals surface area contributed by atoms with Crippen molar-refractivity contribution in [2.75, 3.05) is 19.7 Å². The van der Waals surface area contributed by atoms with E-state index in [1.165, 1.54) is 23.1 Å². The molecule has 0 aliphatic carbocycles. The van der Waals surface area contributed by atoms with Crippen LogP contribution in [-0.4, -0.2) is 52.9 Å². The quantitative estimate of drug-likeness (QED) is 0.845. The van der Waals surface area contributed by atoms with Gasteiger partial charge in [0.05, 0.1) is 18.2 Å². The molecule has 7 nitrogen and oxygen atoms in total. The lowest BCUT2D eigenvalue weighted by atomic mass is 10.1. The summed E-state index contributed by atoms with van der Waals surface area (Å²) < 4.78 is 40.8. The van der Waals surface area contributed by atoms with Gasteiger partial charge in [0.2, 0.25) is 5.88 Å². The average Bonchev–Trinajstić information content (AvgIpc) is 3.01. The van der Waals surface area contributed by atoms with Crippen molar-refractivity contribution in [2.24, 2.45) is 5.92 Å². The fraction of sp³-hybridized carbons (Fsp3) is 0.500. The van der Waals surface area contributed by atoms with Crippen molar-refractivity contribution < 1.29 is 32.6 Å². The number of amides is 2. The zero-order chi connectivity index (χ0) is 17.7. The van der Waals surface area contributed by atoms with Gasteiger partial charge in [-0.05, 0) is 12.5 Å². The van der Waals surface area contributed by atoms with Gasteiger partial charge in [0.25, 0.3) is 0 Å². The van der Waals surface area contributed by atoms with E-state index in [-0.39, 0.29) is 19.0 Å². The number of aromatic nitrogens is 1. The van der Waals surface area contributed by atoms with Gasteiger partial charge in [0.15, 0.2) is 6.61 Å². The number of halogens is 3. The van der Waals surface area contributed by atoms with Crippen LogP contribution in [0.25, 0.3) is 0 Å². The second kappa shape index (κ2) is 7.37. The molecule has 1 aromatic heterocycles. The molecular weight excluding hydrogens is 331 g/mol. The number of nitrogens with one attached hydrogen (secondary N) is 1. The Bertz CT molecular complexity index is 609. The Kier molecular flexibility index (Phi) is 5.47. The van der Waals surface area contributed by atoms with Crippen molar-refractivity contribution >= 4 is 12.0 Å². The molecule has 2 amide bonds. The molecule has 132 valence electrons. The number of carbonyl (C=O) groups excluding carboxylic acids is 1. The monoisotopic (exact) mass is 347 g/mol. The first-order valence-electron chi connectivity index (χ1n) is 7.15. The molecule has 1 fully saturated rings. The van der Waals surface area contributed by atoms with Crippen molar-refractivity contribution in [3.8, 4) is 5.88 Å². The second-order valence-corrected chi connectivity index (χ2v) is 5.30. The SMILES string of the molecule is O=C(O)C1CCN(C(=O)NCc2cccc(OCC(F)(F)F)n2)C1. The van der Waals surface area contributed by atoms with Crippen molar-refractivity contribution in [1.29, 1.82) is 0 Å². The number of ether oxygens (including phenoxy) is 1. The van der Waals surface area contributed by atoms with Gasteiger partial charge in [-0.15, -0.1) is 0 Å². The molecule has 1 saturated heterocycles. The Morgan fingerprint density at radius 3 is 2.79 bits per heavy atom. The summed E-state index contributed by atoms with van der Waals surface area (Å²) in [6.07, 6.45) is -4.07. The van der Waals surface area contributed by atoms with E-state index in [1.807, 2.05) is 0 Å². The number of rotatable bonds is 5. The van der Waals surface area contributed by atoms with Gasteiger partial charge in [-0.1, -0.05) is 6.07 Å². The van der Waals surface area contributed by atoms with Crippen molar-refractivity contribution in [3.05, 3.63) is 23.9 Å². The lowest BCUT2D eigenvalue weighted by molar-refractivity contribution is -0.154. The summed E-state index contributed by atoms with van der Waals surface area (Å²) in [5, 5.41) is 11.5. The van der Waals surface area contributed by atoms with Crippen LogP contribution in [-0.2, 0) is 11.3 Å². The van der Waals surface area contributed by atoms with Gasteiger partial charge < -0.3 is 20.1 Å². The number of carboxylic acids is 1. The highest BCUT2D eigenvalue weighted by atomic mass is 19.4. The van der Waals surface area contributed by atoms with E-state index < -0.39 is 30.7 Å². The molecule has 0 saturated carbocycles. The summed E-state index contributed by atoms with van der Waals surface area (Å²) in [6.45, 7) is -0.981. The zero-order valence-electron chi connectivity index (χ0n) is 12.5. The van der Waals surface area contributed by atoms with E-state index in [4.69, 9.17) is 5.11 Å². The summed E-state index contributed by atoms with van der Waals surface area (Å²) in [6, 6.07) is 3.85. The molecule has 10 heteroatoms. The predicted molar refractivity (Wildman–Crippen MR) is 75.3 cm³/mol. The highest BCUT2D eigenvalue weighted by molar-refractivity contribution is 5.77.